The van der Waals surface area contributed by atoms with Gasteiger partial charge in [0.25, 0.3) is 0 Å². The number of rotatable bonds is 5. The third-order valence-electron chi connectivity index (χ3n) is 3.87. The Bertz CT molecular complexity index is 521. The van der Waals surface area contributed by atoms with Crippen LogP contribution >= 0.6 is 0 Å². The van der Waals surface area contributed by atoms with Gasteiger partial charge in [0.05, 0.1) is 17.8 Å². The standard InChI is InChI=1S/C16H22N4O/c17-8-7-13-4-3-9-20(11-13)12-16(21)19-15-6-2-1-5-14(15)10-18/h1-2,5-6,13H,3-4,7-9,11-12,17H2,(H,19,21). The molecule has 1 amide bonds. The number of carbonyl (C=O) groups is 1. The van der Waals surface area contributed by atoms with Crippen molar-refractivity contribution in [3.63, 3.8) is 0 Å². The van der Waals surface area contributed by atoms with Crippen LogP contribution in [-0.2, 0) is 4.79 Å². The molecule has 5 nitrogen and oxygen atoms in total. The molecule has 1 aromatic carbocycles. The fraction of sp³-hybridized carbons (Fsp3) is 0.500. The smallest absolute Gasteiger partial charge is 0.238 e. The SMILES string of the molecule is N#Cc1ccccc1NC(=O)CN1CCCC(CCN)C1. The summed E-state index contributed by atoms with van der Waals surface area (Å²) < 4.78 is 0. The highest BCUT2D eigenvalue weighted by atomic mass is 16.2. The molecule has 0 aliphatic carbocycles. The zero-order chi connectivity index (χ0) is 15.1. The molecular formula is C16H22N4O. The van der Waals surface area contributed by atoms with Crippen molar-refractivity contribution in [2.45, 2.75) is 19.3 Å². The van der Waals surface area contributed by atoms with Crippen molar-refractivity contribution in [1.82, 2.24) is 4.90 Å². The molecular weight excluding hydrogens is 264 g/mol. The predicted molar refractivity (Wildman–Crippen MR) is 82.6 cm³/mol. The number of amides is 1. The number of anilines is 1. The molecule has 3 N–H and O–H groups in total. The second-order valence-corrected chi connectivity index (χ2v) is 5.53. The second kappa shape index (κ2) is 7.77. The van der Waals surface area contributed by atoms with E-state index in [0.29, 0.717) is 30.3 Å². The van der Waals surface area contributed by atoms with Crippen LogP contribution in [0.3, 0.4) is 0 Å². The van der Waals surface area contributed by atoms with Crippen molar-refractivity contribution < 1.29 is 4.79 Å². The first-order valence-electron chi connectivity index (χ1n) is 7.44. The lowest BCUT2D eigenvalue weighted by Crippen LogP contribution is -2.41. The summed E-state index contributed by atoms with van der Waals surface area (Å²) in [7, 11) is 0. The quantitative estimate of drug-likeness (QED) is 0.860. The Morgan fingerprint density at radius 3 is 3.05 bits per heavy atom. The number of nitrogens with two attached hydrogens (primary N) is 1. The van der Waals surface area contributed by atoms with Crippen LogP contribution in [0.4, 0.5) is 5.69 Å². The van der Waals surface area contributed by atoms with Crippen LogP contribution in [0.25, 0.3) is 0 Å². The molecule has 1 aliphatic heterocycles. The molecule has 112 valence electrons. The van der Waals surface area contributed by atoms with Crippen molar-refractivity contribution >= 4 is 11.6 Å². The van der Waals surface area contributed by atoms with E-state index in [0.717, 1.165) is 25.9 Å². The number of nitriles is 1. The molecule has 5 heteroatoms. The van der Waals surface area contributed by atoms with Gasteiger partial charge in [-0.25, -0.2) is 0 Å². The van der Waals surface area contributed by atoms with Gasteiger partial charge in [0.1, 0.15) is 6.07 Å². The molecule has 1 aliphatic rings. The van der Waals surface area contributed by atoms with E-state index < -0.39 is 0 Å². The third kappa shape index (κ3) is 4.55. The van der Waals surface area contributed by atoms with Crippen molar-refractivity contribution in [1.29, 1.82) is 5.26 Å². The lowest BCUT2D eigenvalue weighted by molar-refractivity contribution is -0.117. The molecule has 1 fully saturated rings. The van der Waals surface area contributed by atoms with Crippen LogP contribution < -0.4 is 11.1 Å². The first-order chi connectivity index (χ1) is 10.2. The number of likely N-dealkylation sites (tertiary alicyclic amines) is 1. The maximum absolute atomic E-state index is 12.1. The number of para-hydroxylation sites is 1. The number of benzene rings is 1. The van der Waals surface area contributed by atoms with Crippen molar-refractivity contribution in [3.8, 4) is 6.07 Å². The maximum Gasteiger partial charge on any atom is 0.238 e. The van der Waals surface area contributed by atoms with E-state index >= 15 is 0 Å². The number of nitrogens with one attached hydrogen (secondary N) is 1. The molecule has 1 heterocycles. The van der Waals surface area contributed by atoms with Crippen molar-refractivity contribution in [3.05, 3.63) is 29.8 Å². The highest BCUT2D eigenvalue weighted by Gasteiger charge is 2.21. The van der Waals surface area contributed by atoms with Gasteiger partial charge in [-0.3, -0.25) is 9.69 Å². The fourth-order valence-corrected chi connectivity index (χ4v) is 2.85. The fourth-order valence-electron chi connectivity index (χ4n) is 2.85. The van der Waals surface area contributed by atoms with E-state index in [4.69, 9.17) is 11.0 Å². The van der Waals surface area contributed by atoms with Gasteiger partial charge >= 0.3 is 0 Å². The Labute approximate surface area is 125 Å². The van der Waals surface area contributed by atoms with E-state index in [-0.39, 0.29) is 5.91 Å². The summed E-state index contributed by atoms with van der Waals surface area (Å²) in [4.78, 5) is 14.3. The predicted octanol–water partition coefficient (Wildman–Crippen LogP) is 1.56. The zero-order valence-corrected chi connectivity index (χ0v) is 12.2. The van der Waals surface area contributed by atoms with Crippen LogP contribution in [0.15, 0.2) is 24.3 Å². The summed E-state index contributed by atoms with van der Waals surface area (Å²) in [6.07, 6.45) is 3.34. The van der Waals surface area contributed by atoms with E-state index in [1.165, 1.54) is 6.42 Å². The lowest BCUT2D eigenvalue weighted by atomic mass is 9.95. The molecule has 0 bridgehead atoms. The molecule has 0 spiro atoms. The van der Waals surface area contributed by atoms with Gasteiger partial charge in [-0.15, -0.1) is 0 Å². The maximum atomic E-state index is 12.1. The topological polar surface area (TPSA) is 82.2 Å². The number of hydrogen-bond donors (Lipinski definition) is 2. The van der Waals surface area contributed by atoms with E-state index in [9.17, 15) is 4.79 Å². The van der Waals surface area contributed by atoms with Gasteiger partial charge in [0.15, 0.2) is 0 Å². The normalized spacial score (nSPS) is 19.0. The summed E-state index contributed by atoms with van der Waals surface area (Å²) in [5.41, 5.74) is 6.69. The summed E-state index contributed by atoms with van der Waals surface area (Å²) in [5.74, 6) is 0.536. The number of nitrogens with zero attached hydrogens (tertiary/aromatic N) is 2. The van der Waals surface area contributed by atoms with Crippen LogP contribution in [0.2, 0.25) is 0 Å². The summed E-state index contributed by atoms with van der Waals surface area (Å²) in [6.45, 7) is 2.97. The average Bonchev–Trinajstić information content (AvgIpc) is 2.48. The summed E-state index contributed by atoms with van der Waals surface area (Å²) in [6, 6.07) is 9.14. The minimum absolute atomic E-state index is 0.0638. The lowest BCUT2D eigenvalue weighted by Gasteiger charge is -2.32. The van der Waals surface area contributed by atoms with Gasteiger partial charge in [0, 0.05) is 6.54 Å². The largest absolute Gasteiger partial charge is 0.330 e. The van der Waals surface area contributed by atoms with Crippen molar-refractivity contribution in [2.75, 3.05) is 31.5 Å². The Kier molecular flexibility index (Phi) is 5.73. The zero-order valence-electron chi connectivity index (χ0n) is 12.2. The summed E-state index contributed by atoms with van der Waals surface area (Å²) >= 11 is 0. The van der Waals surface area contributed by atoms with E-state index in [1.54, 1.807) is 18.2 Å². The van der Waals surface area contributed by atoms with Gasteiger partial charge in [-0.05, 0) is 50.4 Å². The van der Waals surface area contributed by atoms with Crippen LogP contribution in [0.1, 0.15) is 24.8 Å². The number of hydrogen-bond acceptors (Lipinski definition) is 4. The first kappa shape index (κ1) is 15.5. The molecule has 1 saturated heterocycles. The van der Waals surface area contributed by atoms with Gasteiger partial charge in [0.2, 0.25) is 5.91 Å². The molecule has 1 atom stereocenters. The monoisotopic (exact) mass is 286 g/mol. The van der Waals surface area contributed by atoms with Gasteiger partial charge < -0.3 is 11.1 Å². The third-order valence-corrected chi connectivity index (χ3v) is 3.87. The van der Waals surface area contributed by atoms with Crippen molar-refractivity contribution in [2.24, 2.45) is 11.7 Å². The Morgan fingerprint density at radius 2 is 2.29 bits per heavy atom. The van der Waals surface area contributed by atoms with Crippen LogP contribution in [0.5, 0.6) is 0 Å². The molecule has 1 aromatic rings. The molecule has 21 heavy (non-hydrogen) atoms. The van der Waals surface area contributed by atoms with Crippen LogP contribution in [-0.4, -0.2) is 37.0 Å². The first-order valence-corrected chi connectivity index (χ1v) is 7.44. The highest BCUT2D eigenvalue weighted by molar-refractivity contribution is 5.93. The Balaban J connectivity index is 1.88. The van der Waals surface area contributed by atoms with E-state index in [2.05, 4.69) is 16.3 Å². The molecule has 0 radical (unpaired) electrons. The molecule has 2 rings (SSSR count). The summed E-state index contributed by atoms with van der Waals surface area (Å²) in [5, 5.41) is 11.9. The highest BCUT2D eigenvalue weighted by Crippen LogP contribution is 2.19. The molecule has 1 unspecified atom stereocenters. The van der Waals surface area contributed by atoms with Gasteiger partial charge in [-0.1, -0.05) is 12.1 Å². The number of carbonyl (C=O) groups excluding carboxylic acids is 1. The number of piperidine rings is 1. The minimum atomic E-state index is -0.0638. The Hall–Kier alpha value is -1.90. The van der Waals surface area contributed by atoms with Crippen LogP contribution in [0, 0.1) is 17.2 Å². The van der Waals surface area contributed by atoms with Gasteiger partial charge in [-0.2, -0.15) is 5.26 Å². The molecule has 0 saturated carbocycles. The minimum Gasteiger partial charge on any atom is -0.330 e. The van der Waals surface area contributed by atoms with E-state index in [1.807, 2.05) is 6.07 Å². The average molecular weight is 286 g/mol. The second-order valence-electron chi connectivity index (χ2n) is 5.53. The molecule has 0 aromatic heterocycles. The Morgan fingerprint density at radius 1 is 1.48 bits per heavy atom.